The van der Waals surface area contributed by atoms with Crippen molar-refractivity contribution in [3.8, 4) is 0 Å². The second-order valence-corrected chi connectivity index (χ2v) is 8.01. The van der Waals surface area contributed by atoms with Crippen molar-refractivity contribution in [1.82, 2.24) is 4.90 Å². The second kappa shape index (κ2) is 5.91. The van der Waals surface area contributed by atoms with Gasteiger partial charge >= 0.3 is 0 Å². The van der Waals surface area contributed by atoms with Gasteiger partial charge in [0, 0.05) is 29.9 Å². The molecule has 0 spiro atoms. The first kappa shape index (κ1) is 14.8. The van der Waals surface area contributed by atoms with Gasteiger partial charge in [-0.2, -0.15) is 0 Å². The number of rotatable bonds is 2. The highest BCUT2D eigenvalue weighted by Crippen LogP contribution is 2.32. The molecule has 1 aliphatic heterocycles. The van der Waals surface area contributed by atoms with E-state index in [1.165, 1.54) is 5.56 Å². The summed E-state index contributed by atoms with van der Waals surface area (Å²) in [5.74, 6) is 0.286. The molecule has 2 heterocycles. The van der Waals surface area contributed by atoms with Crippen molar-refractivity contribution in [2.45, 2.75) is 18.9 Å². The van der Waals surface area contributed by atoms with Crippen LogP contribution in [-0.2, 0) is 0 Å². The molecule has 1 aromatic heterocycles. The Labute approximate surface area is 136 Å². The molecule has 2 atom stereocenters. The van der Waals surface area contributed by atoms with Crippen molar-refractivity contribution in [2.24, 2.45) is 5.73 Å². The van der Waals surface area contributed by atoms with Crippen LogP contribution in [0.4, 0.5) is 0 Å². The molecule has 0 saturated carbocycles. The Balaban J connectivity index is 1.80. The van der Waals surface area contributed by atoms with E-state index in [1.807, 2.05) is 36.1 Å². The fraction of sp³-hybridized carbons (Fsp3) is 0.312. The molecule has 0 aliphatic carbocycles. The van der Waals surface area contributed by atoms with Crippen LogP contribution in [-0.4, -0.2) is 29.9 Å². The summed E-state index contributed by atoms with van der Waals surface area (Å²) in [6.45, 7) is 3.31. The number of carbonyl (C=O) groups excluding carboxylic acids is 1. The zero-order chi connectivity index (χ0) is 15.0. The molecular formula is C16H17BrN2OS. The van der Waals surface area contributed by atoms with E-state index in [0.717, 1.165) is 14.2 Å². The fourth-order valence-corrected chi connectivity index (χ4v) is 4.62. The van der Waals surface area contributed by atoms with Crippen LogP contribution in [0, 0.1) is 6.92 Å². The molecule has 21 heavy (non-hydrogen) atoms. The molecule has 1 fully saturated rings. The maximum absolute atomic E-state index is 12.7. The van der Waals surface area contributed by atoms with Crippen LogP contribution < -0.4 is 5.73 Å². The average Bonchev–Trinajstić information content (AvgIpc) is 3.02. The van der Waals surface area contributed by atoms with E-state index in [2.05, 4.69) is 28.1 Å². The first-order valence-corrected chi connectivity index (χ1v) is 8.53. The third-order valence-electron chi connectivity index (χ3n) is 3.92. The summed E-state index contributed by atoms with van der Waals surface area (Å²) >= 11 is 5.07. The molecule has 3 nitrogen and oxygen atoms in total. The maximum atomic E-state index is 12.7. The summed E-state index contributed by atoms with van der Waals surface area (Å²) < 4.78 is 0.904. The van der Waals surface area contributed by atoms with Gasteiger partial charge in [-0.15, -0.1) is 11.3 Å². The largest absolute Gasteiger partial charge is 0.336 e. The van der Waals surface area contributed by atoms with Gasteiger partial charge in [-0.1, -0.05) is 30.3 Å². The molecule has 5 heteroatoms. The zero-order valence-electron chi connectivity index (χ0n) is 11.8. The summed E-state index contributed by atoms with van der Waals surface area (Å²) in [6, 6.07) is 12.1. The lowest BCUT2D eigenvalue weighted by atomic mass is 9.95. The minimum atomic E-state index is -0.00476. The smallest absolute Gasteiger partial charge is 0.255 e. The van der Waals surface area contributed by atoms with Gasteiger partial charge in [0.25, 0.3) is 5.91 Å². The van der Waals surface area contributed by atoms with Crippen LogP contribution in [0.1, 0.15) is 26.7 Å². The van der Waals surface area contributed by atoms with Gasteiger partial charge in [0.05, 0.1) is 9.35 Å². The van der Waals surface area contributed by atoms with Gasteiger partial charge in [-0.25, -0.2) is 0 Å². The topological polar surface area (TPSA) is 46.3 Å². The van der Waals surface area contributed by atoms with Crippen LogP contribution in [0.2, 0.25) is 0 Å². The number of halogens is 1. The minimum Gasteiger partial charge on any atom is -0.336 e. The van der Waals surface area contributed by atoms with Crippen LogP contribution in [0.15, 0.2) is 40.2 Å². The Bertz CT molecular complexity index is 656. The molecule has 0 bridgehead atoms. The number of hydrogen-bond acceptors (Lipinski definition) is 3. The zero-order valence-corrected chi connectivity index (χ0v) is 14.2. The number of thiophene rings is 1. The number of nitrogens with two attached hydrogens (primary N) is 1. The molecule has 2 N–H and O–H groups in total. The Morgan fingerprint density at radius 3 is 2.67 bits per heavy atom. The number of aryl methyl sites for hydroxylation is 1. The van der Waals surface area contributed by atoms with Crippen molar-refractivity contribution in [3.05, 3.63) is 56.2 Å². The molecule has 1 saturated heterocycles. The highest BCUT2D eigenvalue weighted by Gasteiger charge is 2.34. The Kier molecular flexibility index (Phi) is 4.15. The van der Waals surface area contributed by atoms with E-state index in [9.17, 15) is 4.79 Å². The third kappa shape index (κ3) is 2.91. The first-order valence-electron chi connectivity index (χ1n) is 6.92. The molecule has 1 aromatic carbocycles. The quantitative estimate of drug-likeness (QED) is 0.887. The van der Waals surface area contributed by atoms with E-state index in [4.69, 9.17) is 5.73 Å². The van der Waals surface area contributed by atoms with Gasteiger partial charge in [-0.05, 0) is 34.5 Å². The summed E-state index contributed by atoms with van der Waals surface area (Å²) in [4.78, 5) is 15.7. The van der Waals surface area contributed by atoms with Crippen LogP contribution in [0.3, 0.4) is 0 Å². The maximum Gasteiger partial charge on any atom is 0.255 e. The number of benzene rings is 1. The minimum absolute atomic E-state index is 0.00476. The van der Waals surface area contributed by atoms with E-state index < -0.39 is 0 Å². The van der Waals surface area contributed by atoms with Gasteiger partial charge in [0.1, 0.15) is 0 Å². The van der Waals surface area contributed by atoms with Crippen LogP contribution in [0.25, 0.3) is 0 Å². The molecule has 3 rings (SSSR count). The molecular weight excluding hydrogens is 348 g/mol. The number of amides is 1. The summed E-state index contributed by atoms with van der Waals surface area (Å²) in [7, 11) is 0. The van der Waals surface area contributed by atoms with E-state index in [0.29, 0.717) is 13.1 Å². The Morgan fingerprint density at radius 2 is 2.05 bits per heavy atom. The molecule has 0 unspecified atom stereocenters. The van der Waals surface area contributed by atoms with E-state index >= 15 is 0 Å². The lowest BCUT2D eigenvalue weighted by Crippen LogP contribution is -2.32. The number of hydrogen-bond donors (Lipinski definition) is 1. The highest BCUT2D eigenvalue weighted by molar-refractivity contribution is 9.11. The van der Waals surface area contributed by atoms with E-state index in [1.54, 1.807) is 11.3 Å². The molecule has 1 aliphatic rings. The normalized spacial score (nSPS) is 21.8. The monoisotopic (exact) mass is 364 g/mol. The van der Waals surface area contributed by atoms with Gasteiger partial charge in [0.2, 0.25) is 0 Å². The standard InChI is InChI=1S/C16H17BrN2OS/c1-10-7-12(15(17)21-10)16(20)19-8-13(14(18)9-19)11-5-3-2-4-6-11/h2-7,13-14H,8-9,18H2,1H3/t13-,14+/m0/s1. The molecule has 2 aromatic rings. The highest BCUT2D eigenvalue weighted by atomic mass is 79.9. The lowest BCUT2D eigenvalue weighted by molar-refractivity contribution is 0.0789. The van der Waals surface area contributed by atoms with Crippen LogP contribution in [0.5, 0.6) is 0 Å². The van der Waals surface area contributed by atoms with Crippen molar-refractivity contribution in [1.29, 1.82) is 0 Å². The number of likely N-dealkylation sites (tertiary alicyclic amines) is 1. The molecule has 110 valence electrons. The summed E-state index contributed by atoms with van der Waals surface area (Å²) in [5, 5.41) is 0. The average molecular weight is 365 g/mol. The Morgan fingerprint density at radius 1 is 1.33 bits per heavy atom. The SMILES string of the molecule is Cc1cc(C(=O)N2C[C@@H](N)[C@H](c3ccccc3)C2)c(Br)s1. The van der Waals surface area contributed by atoms with Gasteiger partial charge < -0.3 is 10.6 Å². The second-order valence-electron chi connectivity index (χ2n) is 5.44. The number of nitrogens with zero attached hydrogens (tertiary/aromatic N) is 1. The van der Waals surface area contributed by atoms with Crippen molar-refractivity contribution < 1.29 is 4.79 Å². The molecule has 0 radical (unpaired) electrons. The van der Waals surface area contributed by atoms with Crippen molar-refractivity contribution in [2.75, 3.05) is 13.1 Å². The van der Waals surface area contributed by atoms with E-state index in [-0.39, 0.29) is 17.9 Å². The summed E-state index contributed by atoms with van der Waals surface area (Å²) in [5.41, 5.74) is 8.22. The van der Waals surface area contributed by atoms with Crippen molar-refractivity contribution in [3.63, 3.8) is 0 Å². The van der Waals surface area contributed by atoms with Crippen molar-refractivity contribution >= 4 is 33.2 Å². The molecule has 1 amide bonds. The van der Waals surface area contributed by atoms with Crippen LogP contribution >= 0.6 is 27.3 Å². The summed E-state index contributed by atoms with van der Waals surface area (Å²) in [6.07, 6.45) is 0. The predicted molar refractivity (Wildman–Crippen MR) is 89.8 cm³/mol. The van der Waals surface area contributed by atoms with Gasteiger partial charge in [-0.3, -0.25) is 4.79 Å². The first-order chi connectivity index (χ1) is 10.1. The third-order valence-corrected chi connectivity index (χ3v) is 5.67. The lowest BCUT2D eigenvalue weighted by Gasteiger charge is -2.16. The predicted octanol–water partition coefficient (Wildman–Crippen LogP) is 3.39. The Hall–Kier alpha value is -1.17. The number of carbonyl (C=O) groups is 1. The fourth-order valence-electron chi connectivity index (χ4n) is 2.85. The van der Waals surface area contributed by atoms with Gasteiger partial charge in [0.15, 0.2) is 0 Å².